The van der Waals surface area contributed by atoms with Gasteiger partial charge in [0.15, 0.2) is 6.10 Å². The highest BCUT2D eigenvalue weighted by Crippen LogP contribution is 2.36. The molecule has 0 radical (unpaired) electrons. The number of allylic oxidation sites excluding steroid dienone is 12. The molecule has 2 atom stereocenters. The Bertz CT molecular complexity index is 1210. The normalized spacial score (nSPS) is 13.8. The Labute approximate surface area is 346 Å². The minimum Gasteiger partial charge on any atom is -0.462 e. The van der Waals surface area contributed by atoms with Gasteiger partial charge in [-0.25, -0.2) is 4.57 Å². The van der Waals surface area contributed by atoms with Crippen LogP contribution in [0.1, 0.15) is 174 Å². The summed E-state index contributed by atoms with van der Waals surface area (Å²) in [6.07, 6.45) is 52.0. The first-order valence-electron chi connectivity index (χ1n) is 22.0. The first-order valence-corrected chi connectivity index (χ1v) is 23.5. The lowest BCUT2D eigenvalue weighted by Crippen LogP contribution is -2.29. The van der Waals surface area contributed by atoms with Gasteiger partial charge in [-0.3, -0.25) is 14.1 Å². The molecular formula is C47H79O9P. The first kappa shape index (κ1) is 54.2. The van der Waals surface area contributed by atoms with Crippen LogP contribution in [0.5, 0.6) is 0 Å². The number of ether oxygens (including phenoxy) is 2. The van der Waals surface area contributed by atoms with Gasteiger partial charge in [0.1, 0.15) is 6.61 Å². The second kappa shape index (κ2) is 41.4. The summed E-state index contributed by atoms with van der Waals surface area (Å²) in [6, 6.07) is 0. The van der Waals surface area contributed by atoms with Crippen molar-refractivity contribution in [1.29, 1.82) is 0 Å². The van der Waals surface area contributed by atoms with Crippen LogP contribution in [0.3, 0.4) is 0 Å². The van der Waals surface area contributed by atoms with Crippen LogP contribution >= 0.6 is 7.82 Å². The van der Waals surface area contributed by atoms with Gasteiger partial charge in [-0.1, -0.05) is 176 Å². The van der Waals surface area contributed by atoms with Gasteiger partial charge >= 0.3 is 19.8 Å². The fraction of sp³-hybridized carbons (Fsp3) is 0.660. The van der Waals surface area contributed by atoms with Crippen LogP contribution < -0.4 is 0 Å². The number of carbonyl (C=O) groups excluding carboxylic acids is 2. The second-order valence-electron chi connectivity index (χ2n) is 14.5. The van der Waals surface area contributed by atoms with Crippen LogP contribution in [-0.2, 0) is 28.2 Å². The van der Waals surface area contributed by atoms with Crippen molar-refractivity contribution in [2.45, 2.75) is 187 Å². The summed E-state index contributed by atoms with van der Waals surface area (Å²) >= 11 is 0. The molecule has 0 spiro atoms. The molecule has 0 rings (SSSR count). The molecule has 10 heteroatoms. The molecule has 9 nitrogen and oxygen atoms in total. The Morgan fingerprint density at radius 2 is 1.09 bits per heavy atom. The number of unbranched alkanes of at least 4 members (excludes halogenated alkanes) is 15. The van der Waals surface area contributed by atoms with Gasteiger partial charge in [-0.15, -0.1) is 0 Å². The summed E-state index contributed by atoms with van der Waals surface area (Å²) in [6.45, 7) is 3.44. The molecule has 1 unspecified atom stereocenters. The van der Waals surface area contributed by atoms with Crippen molar-refractivity contribution in [3.8, 4) is 0 Å². The van der Waals surface area contributed by atoms with Crippen LogP contribution in [-0.4, -0.2) is 52.3 Å². The summed E-state index contributed by atoms with van der Waals surface area (Å²) < 4.78 is 26.3. The minimum atomic E-state index is -4.79. The van der Waals surface area contributed by atoms with Gasteiger partial charge in [-0.2, -0.15) is 0 Å². The molecule has 0 aliphatic heterocycles. The summed E-state index contributed by atoms with van der Waals surface area (Å²) in [5.74, 6) is -1.02. The SMILES string of the molecule is CC/C=C\C/C=C\CC(O)/C=C/C=C\C/C=C\C/C=C\CCC(=O)O[C@H](COC(=O)CCCCCCCCCCC/C=C\CCCCCCCC)COP(=O)(O)O. The molecular weight excluding hydrogens is 739 g/mol. The quantitative estimate of drug-likeness (QED) is 0.0182. The van der Waals surface area contributed by atoms with Crippen LogP contribution in [0.4, 0.5) is 0 Å². The molecule has 57 heavy (non-hydrogen) atoms. The van der Waals surface area contributed by atoms with E-state index in [1.165, 1.54) is 83.5 Å². The predicted octanol–water partition coefficient (Wildman–Crippen LogP) is 12.6. The molecule has 0 aliphatic carbocycles. The Kier molecular flexibility index (Phi) is 39.3. The standard InChI is InChI=1S/C47H79O9P/c1-3-5-7-9-11-12-13-14-15-16-17-18-19-20-21-25-28-32-36-40-46(49)54-42-45(43-55-57(51,52)53)56-47(50)41-37-33-29-26-23-22-24-27-31-35-39-44(48)38-34-30-10-8-6-4-2/h6,8,14-15,22-23,27,29-31,33-35,39,44-45,48H,3-5,7,9-13,16-21,24-26,28,32,36-38,40-43H2,1-2H3,(H2,51,52,53)/b8-6-,15-14-,23-22-,31-27-,33-29-,34-30-,39-35+/t44?,45-/m1/s1. The number of esters is 2. The van der Waals surface area contributed by atoms with E-state index in [2.05, 4.69) is 48.8 Å². The molecule has 0 amide bonds. The van der Waals surface area contributed by atoms with E-state index in [9.17, 15) is 19.3 Å². The van der Waals surface area contributed by atoms with Crippen LogP contribution in [0.2, 0.25) is 0 Å². The van der Waals surface area contributed by atoms with E-state index in [4.69, 9.17) is 19.3 Å². The zero-order chi connectivity index (χ0) is 41.9. The number of rotatable bonds is 39. The third-order valence-electron chi connectivity index (χ3n) is 8.99. The van der Waals surface area contributed by atoms with Crippen molar-refractivity contribution >= 4 is 19.8 Å². The smallest absolute Gasteiger partial charge is 0.462 e. The summed E-state index contributed by atoms with van der Waals surface area (Å²) in [5.41, 5.74) is 0. The van der Waals surface area contributed by atoms with Crippen molar-refractivity contribution in [2.75, 3.05) is 13.2 Å². The topological polar surface area (TPSA) is 140 Å². The van der Waals surface area contributed by atoms with E-state index in [0.717, 1.165) is 38.5 Å². The molecule has 0 aromatic rings. The average molecular weight is 819 g/mol. The number of phosphoric ester groups is 1. The summed E-state index contributed by atoms with van der Waals surface area (Å²) in [5, 5.41) is 9.98. The Hall–Kier alpha value is -2.81. The fourth-order valence-electron chi connectivity index (χ4n) is 5.71. The van der Waals surface area contributed by atoms with Gasteiger partial charge in [0.05, 0.1) is 12.7 Å². The molecule has 0 aromatic carbocycles. The lowest BCUT2D eigenvalue weighted by Gasteiger charge is -2.18. The maximum absolute atomic E-state index is 12.4. The molecule has 0 aromatic heterocycles. The third-order valence-corrected chi connectivity index (χ3v) is 9.48. The Morgan fingerprint density at radius 1 is 0.561 bits per heavy atom. The lowest BCUT2D eigenvalue weighted by molar-refractivity contribution is -0.161. The molecule has 0 heterocycles. The number of hydrogen-bond donors (Lipinski definition) is 3. The van der Waals surface area contributed by atoms with Gasteiger partial charge in [0.2, 0.25) is 0 Å². The monoisotopic (exact) mass is 819 g/mol. The Balaban J connectivity index is 4.09. The molecule has 326 valence electrons. The average Bonchev–Trinajstić information content (AvgIpc) is 3.18. The van der Waals surface area contributed by atoms with E-state index >= 15 is 0 Å². The van der Waals surface area contributed by atoms with Gasteiger partial charge in [0.25, 0.3) is 0 Å². The maximum Gasteiger partial charge on any atom is 0.469 e. The largest absolute Gasteiger partial charge is 0.469 e. The number of carbonyl (C=O) groups is 2. The van der Waals surface area contributed by atoms with Crippen molar-refractivity contribution in [3.63, 3.8) is 0 Å². The zero-order valence-corrected chi connectivity index (χ0v) is 36.5. The second-order valence-corrected chi connectivity index (χ2v) is 15.7. The third kappa shape index (κ3) is 44.1. The molecule has 0 fully saturated rings. The minimum absolute atomic E-state index is 0.0594. The highest BCUT2D eigenvalue weighted by molar-refractivity contribution is 7.46. The number of phosphoric acid groups is 1. The van der Waals surface area contributed by atoms with Crippen molar-refractivity contribution in [1.82, 2.24) is 0 Å². The number of hydrogen-bond acceptors (Lipinski definition) is 7. The highest BCUT2D eigenvalue weighted by Gasteiger charge is 2.22. The van der Waals surface area contributed by atoms with E-state index < -0.39 is 38.6 Å². The maximum atomic E-state index is 12.4. The van der Waals surface area contributed by atoms with E-state index in [0.29, 0.717) is 25.7 Å². The number of aliphatic hydroxyl groups is 1. The van der Waals surface area contributed by atoms with E-state index in [1.54, 1.807) is 6.08 Å². The van der Waals surface area contributed by atoms with Crippen molar-refractivity contribution in [2.24, 2.45) is 0 Å². The van der Waals surface area contributed by atoms with Gasteiger partial charge < -0.3 is 24.4 Å². The molecule has 0 saturated heterocycles. The van der Waals surface area contributed by atoms with E-state index in [-0.39, 0.29) is 19.4 Å². The highest BCUT2D eigenvalue weighted by atomic mass is 31.2. The van der Waals surface area contributed by atoms with Crippen LogP contribution in [0, 0.1) is 0 Å². The predicted molar refractivity (Wildman–Crippen MR) is 236 cm³/mol. The lowest BCUT2D eigenvalue weighted by atomic mass is 10.1. The van der Waals surface area contributed by atoms with Crippen LogP contribution in [0.25, 0.3) is 0 Å². The molecule has 0 aliphatic rings. The van der Waals surface area contributed by atoms with Crippen molar-refractivity contribution < 1.29 is 43.0 Å². The number of aliphatic hydroxyl groups excluding tert-OH is 1. The molecule has 3 N–H and O–H groups in total. The zero-order valence-electron chi connectivity index (χ0n) is 35.6. The van der Waals surface area contributed by atoms with Crippen molar-refractivity contribution in [3.05, 3.63) is 85.1 Å². The van der Waals surface area contributed by atoms with Crippen LogP contribution in [0.15, 0.2) is 85.1 Å². The Morgan fingerprint density at radius 3 is 1.70 bits per heavy atom. The van der Waals surface area contributed by atoms with E-state index in [1.807, 2.05) is 48.6 Å². The molecule has 0 bridgehead atoms. The summed E-state index contributed by atoms with van der Waals surface area (Å²) in [7, 11) is -4.79. The summed E-state index contributed by atoms with van der Waals surface area (Å²) in [4.78, 5) is 42.9. The fourth-order valence-corrected chi connectivity index (χ4v) is 6.07. The first-order chi connectivity index (χ1) is 27.7. The molecule has 0 saturated carbocycles. The van der Waals surface area contributed by atoms with Gasteiger partial charge in [-0.05, 0) is 70.6 Å². The van der Waals surface area contributed by atoms with Gasteiger partial charge in [0, 0.05) is 12.8 Å².